The van der Waals surface area contributed by atoms with E-state index in [1.165, 1.54) is 61.4 Å². The van der Waals surface area contributed by atoms with E-state index in [0.29, 0.717) is 23.7 Å². The molecule has 0 atom stereocenters. The van der Waals surface area contributed by atoms with Gasteiger partial charge in [0, 0.05) is 73.0 Å². The molecule has 0 amide bonds. The fraction of sp³-hybridized carbons (Fsp3) is 0.333. The van der Waals surface area contributed by atoms with Gasteiger partial charge >= 0.3 is 11.6 Å². The van der Waals surface area contributed by atoms with E-state index in [1.807, 2.05) is 24.5 Å². The summed E-state index contributed by atoms with van der Waals surface area (Å²) in [5.41, 5.74) is 14.0. The number of halogens is 5. The number of hydrogen-bond acceptors (Lipinski definition) is 2. The Hall–Kier alpha value is -1.26. The first-order valence-electron chi connectivity index (χ1n) is 18.0. The monoisotopic (exact) mass is 1170 g/mol. The Morgan fingerprint density at radius 3 is 1.05 bits per heavy atom. The van der Waals surface area contributed by atoms with E-state index in [0.717, 1.165) is 16.1 Å². The van der Waals surface area contributed by atoms with Gasteiger partial charge in [-0.3, -0.25) is 0 Å². The Bertz CT molecular complexity index is 1860. The van der Waals surface area contributed by atoms with Crippen molar-refractivity contribution < 1.29 is 102 Å². The zero-order valence-electron chi connectivity index (χ0n) is 33.8. The van der Waals surface area contributed by atoms with Crippen molar-refractivity contribution in [1.29, 1.82) is 0 Å². The minimum absolute atomic E-state index is 0. The first-order chi connectivity index (χ1) is 23.9. The van der Waals surface area contributed by atoms with Crippen LogP contribution in [0.2, 0.25) is 0 Å². The summed E-state index contributed by atoms with van der Waals surface area (Å²) in [4.78, 5) is 9.47. The van der Waals surface area contributed by atoms with Gasteiger partial charge in [-0.2, -0.15) is 0 Å². The van der Waals surface area contributed by atoms with E-state index in [2.05, 4.69) is 174 Å². The normalized spacial score (nSPS) is 11.2. The maximum absolute atomic E-state index is 4.74. The molecule has 5 aromatic rings. The SMILES string of the molecule is CC=[N+](c1ccccn1)c1c(C(C)C)cc(-c2cc(Br)cc(-c3cc(C(C)C)c([N+](=CC)c4ccccn4)c(C(C)C)c3)c2C)cc1C(C)C.[Br-].[Br-].[Br-].[Br-].[Cu].[Cu]. The Balaban J connectivity index is 0. The Kier molecular flexibility index (Phi) is 25.8. The number of pyridine rings is 2. The van der Waals surface area contributed by atoms with E-state index < -0.39 is 0 Å². The van der Waals surface area contributed by atoms with Crippen LogP contribution in [-0.4, -0.2) is 22.4 Å². The van der Waals surface area contributed by atoms with Gasteiger partial charge in [-0.15, -0.1) is 0 Å². The Morgan fingerprint density at radius 2 is 0.821 bits per heavy atom. The molecule has 3 aromatic carbocycles. The number of aromatic nitrogens is 2. The quantitative estimate of drug-likeness (QED) is 0.120. The average Bonchev–Trinajstić information content (AvgIpc) is 3.10. The molecule has 2 heterocycles. The van der Waals surface area contributed by atoms with Gasteiger partial charge in [0.2, 0.25) is 0 Å². The zero-order chi connectivity index (χ0) is 36.3. The van der Waals surface area contributed by atoms with Crippen LogP contribution in [0.4, 0.5) is 23.0 Å². The Labute approximate surface area is 408 Å². The molecule has 0 aliphatic carbocycles. The van der Waals surface area contributed by atoms with Crippen molar-refractivity contribution in [3.8, 4) is 22.3 Å². The fourth-order valence-corrected chi connectivity index (χ4v) is 7.47. The number of rotatable bonds is 10. The second-order valence-electron chi connectivity index (χ2n) is 14.4. The molecule has 11 heteroatoms. The van der Waals surface area contributed by atoms with E-state index in [4.69, 9.17) is 9.97 Å². The molecule has 4 nitrogen and oxygen atoms in total. The third-order valence-electron chi connectivity index (χ3n) is 9.61. The first-order valence-corrected chi connectivity index (χ1v) is 18.8. The van der Waals surface area contributed by atoms with Gasteiger partial charge in [0.15, 0.2) is 0 Å². The predicted molar refractivity (Wildman–Crippen MR) is 221 cm³/mol. The molecule has 0 unspecified atom stereocenters. The molecule has 0 aliphatic heterocycles. The van der Waals surface area contributed by atoms with Crippen LogP contribution in [0.15, 0.2) is 89.7 Å². The van der Waals surface area contributed by atoms with Gasteiger partial charge in [-0.25, -0.2) is 9.15 Å². The van der Waals surface area contributed by atoms with Crippen LogP contribution in [0.5, 0.6) is 0 Å². The van der Waals surface area contributed by atoms with Gasteiger partial charge in [0.25, 0.3) is 0 Å². The van der Waals surface area contributed by atoms with Crippen LogP contribution in [0.25, 0.3) is 22.3 Å². The molecule has 5 rings (SSSR count). The van der Waals surface area contributed by atoms with E-state index in [-0.39, 0.29) is 102 Å². The second-order valence-corrected chi connectivity index (χ2v) is 15.3. The molecule has 0 aliphatic rings. The summed E-state index contributed by atoms with van der Waals surface area (Å²) in [6.07, 6.45) is 8.03. The maximum atomic E-state index is 4.74. The molecule has 2 aromatic heterocycles. The van der Waals surface area contributed by atoms with Crippen LogP contribution in [0.1, 0.15) is 121 Å². The van der Waals surface area contributed by atoms with Crippen molar-refractivity contribution in [1.82, 2.24) is 19.1 Å². The van der Waals surface area contributed by atoms with Gasteiger partial charge < -0.3 is 67.9 Å². The summed E-state index contributed by atoms with van der Waals surface area (Å²) >= 11 is 3.95. The van der Waals surface area contributed by atoms with Gasteiger partial charge in [-0.05, 0) is 131 Å². The minimum atomic E-state index is 0. The van der Waals surface area contributed by atoms with Crippen molar-refractivity contribution in [2.24, 2.45) is 0 Å². The summed E-state index contributed by atoms with van der Waals surface area (Å²) < 4.78 is 5.60. The molecular weight excluding hydrogens is 1120 g/mol. The molecule has 312 valence electrons. The third-order valence-corrected chi connectivity index (χ3v) is 10.1. The molecule has 0 spiro atoms. The molecular formula is C45H53Br5Cu2N4-2. The van der Waals surface area contributed by atoms with Crippen molar-refractivity contribution in [2.45, 2.75) is 99.8 Å². The molecule has 2 radical (unpaired) electrons. The van der Waals surface area contributed by atoms with Crippen LogP contribution >= 0.6 is 15.9 Å². The van der Waals surface area contributed by atoms with Crippen LogP contribution in [-0.2, 0) is 34.1 Å². The van der Waals surface area contributed by atoms with Gasteiger partial charge in [0.1, 0.15) is 23.8 Å². The van der Waals surface area contributed by atoms with E-state index in [1.54, 1.807) is 0 Å². The summed E-state index contributed by atoms with van der Waals surface area (Å²) in [5, 5.41) is 0. The first kappa shape index (κ1) is 56.8. The molecule has 0 bridgehead atoms. The largest absolute Gasteiger partial charge is 1.00 e. The Morgan fingerprint density at radius 1 is 0.518 bits per heavy atom. The minimum Gasteiger partial charge on any atom is -1.00 e. The van der Waals surface area contributed by atoms with Crippen LogP contribution in [0, 0.1) is 6.92 Å². The molecule has 56 heavy (non-hydrogen) atoms. The number of benzene rings is 3. The van der Waals surface area contributed by atoms with Gasteiger partial charge in [0.05, 0.1) is 12.4 Å². The molecule has 0 fully saturated rings. The summed E-state index contributed by atoms with van der Waals surface area (Å²) in [6, 6.07) is 26.5. The van der Waals surface area contributed by atoms with Crippen molar-refractivity contribution in [2.75, 3.05) is 0 Å². The maximum Gasteiger partial charge on any atom is 0.327 e. The van der Waals surface area contributed by atoms with E-state index >= 15 is 0 Å². The smallest absolute Gasteiger partial charge is 0.327 e. The standard InChI is InChI=1S/C45H53BrN4.4BrH.2Cu/c1-12-49(42-18-14-16-20-47-42)44-36(28(3)4)22-33(23-37(44)29(5)6)40-26-35(46)27-41(32(40)11)34-24-38(30(7)8)45(39(25-34)31(9)10)50(13-2)43-19-15-17-21-48-43;;;;;;/h12-31H,1-11H3;4*1H;;/q+2;;;;;;/p-4. The molecule has 0 saturated carbocycles. The summed E-state index contributed by atoms with van der Waals surface area (Å²) in [5.74, 6) is 3.11. The molecule has 0 saturated heterocycles. The number of nitrogens with zero attached hydrogens (tertiary/aromatic N) is 4. The van der Waals surface area contributed by atoms with Crippen LogP contribution < -0.4 is 77.1 Å². The van der Waals surface area contributed by atoms with Crippen LogP contribution in [0.3, 0.4) is 0 Å². The average molecular weight is 1180 g/mol. The topological polar surface area (TPSA) is 31.8 Å². The third kappa shape index (κ3) is 12.4. The van der Waals surface area contributed by atoms with Crippen molar-refractivity contribution in [3.05, 3.63) is 117 Å². The molecule has 0 N–H and O–H groups in total. The van der Waals surface area contributed by atoms with Crippen molar-refractivity contribution in [3.63, 3.8) is 0 Å². The zero-order valence-corrected chi connectivity index (χ0v) is 43.6. The summed E-state index contributed by atoms with van der Waals surface area (Å²) in [6.45, 7) is 24.8. The fourth-order valence-electron chi connectivity index (χ4n) is 7.01. The van der Waals surface area contributed by atoms with Crippen molar-refractivity contribution >= 4 is 51.4 Å². The van der Waals surface area contributed by atoms with E-state index in [9.17, 15) is 0 Å². The number of hydrogen-bond donors (Lipinski definition) is 0. The summed E-state index contributed by atoms with van der Waals surface area (Å²) in [7, 11) is 0. The van der Waals surface area contributed by atoms with Gasteiger partial charge in [-0.1, -0.05) is 83.5 Å². The second kappa shape index (κ2) is 25.4. The predicted octanol–water partition coefficient (Wildman–Crippen LogP) is 1.24.